The van der Waals surface area contributed by atoms with E-state index in [0.717, 1.165) is 7.11 Å². The van der Waals surface area contributed by atoms with E-state index in [-0.39, 0.29) is 27.2 Å². The number of H-pyrrole nitrogens is 2. The fourth-order valence-corrected chi connectivity index (χ4v) is 7.41. The summed E-state index contributed by atoms with van der Waals surface area (Å²) in [5.41, 5.74) is 0.700. The van der Waals surface area contributed by atoms with Gasteiger partial charge in [-0.25, -0.2) is 31.2 Å². The summed E-state index contributed by atoms with van der Waals surface area (Å²) in [4.78, 5) is 17.0. The molecule has 6 aromatic rings. The average molecular weight is 839 g/mol. The molecule has 0 amide bonds. The molecule has 0 saturated carbocycles. The number of ether oxygens (including phenoxy) is 3. The monoisotopic (exact) mass is 837 g/mol. The van der Waals surface area contributed by atoms with Gasteiger partial charge in [0.1, 0.15) is 20.1 Å². The highest BCUT2D eigenvalue weighted by Crippen LogP contribution is 2.33. The molecule has 0 aliphatic carbocycles. The fourth-order valence-electron chi connectivity index (χ4n) is 4.39. The number of sulfonamides is 2. The third-order valence-electron chi connectivity index (χ3n) is 6.47. The maximum Gasteiger partial charge on any atom is 0.388 e. The first kappa shape index (κ1) is 36.8. The second-order valence-electron chi connectivity index (χ2n) is 9.66. The van der Waals surface area contributed by atoms with Crippen LogP contribution in [0.3, 0.4) is 0 Å². The van der Waals surface area contributed by atoms with Gasteiger partial charge < -0.3 is 24.2 Å². The lowest BCUT2D eigenvalue weighted by Gasteiger charge is -2.13. The quantitative estimate of drug-likeness (QED) is 0.112. The Morgan fingerprint density at radius 2 is 1.34 bits per heavy atom. The van der Waals surface area contributed by atoms with Crippen LogP contribution in [0, 0.1) is 5.82 Å². The van der Waals surface area contributed by atoms with Crippen LogP contribution in [-0.4, -0.2) is 62.6 Å². The summed E-state index contributed by atoms with van der Waals surface area (Å²) in [6.45, 7) is -3.31. The van der Waals surface area contributed by atoms with Crippen molar-refractivity contribution in [2.75, 3.05) is 23.7 Å². The highest BCUT2D eigenvalue weighted by atomic mass is 79.9. The second-order valence-corrected chi connectivity index (χ2v) is 14.6. The largest absolute Gasteiger partial charge is 0.479 e. The smallest absolute Gasteiger partial charge is 0.388 e. The number of aromatic nitrogens is 5. The zero-order valence-electron chi connectivity index (χ0n) is 25.1. The first-order valence-electron chi connectivity index (χ1n) is 13.5. The van der Waals surface area contributed by atoms with Gasteiger partial charge >= 0.3 is 6.61 Å². The molecule has 0 aliphatic rings. The van der Waals surface area contributed by atoms with Crippen molar-refractivity contribution >= 4 is 92.5 Å². The van der Waals surface area contributed by atoms with Crippen molar-refractivity contribution < 1.29 is 44.2 Å². The molecule has 2 aromatic carbocycles. The van der Waals surface area contributed by atoms with Gasteiger partial charge in [0, 0.05) is 50.3 Å². The minimum absolute atomic E-state index is 0.000913. The standard InChI is InChI=1S/C15H11ClF3N3O4S.C13H10BrClN4O3S/c1-25-14-11(5-9(17)13(21-14)26-15(18)19)22-27(23,24)12-6-20-10-4-7(16)2-3-8(10)12;1-22-13-12(17-6-11(14)18-13)19-23(20,21)10-5-16-9-4-7(15)2-3-8(9)10/h2-6,15,20,22H,1H3;2-6,16H,1H3,(H,17,19). The number of nitrogens with one attached hydrogen (secondary N) is 4. The number of benzene rings is 2. The molecule has 0 unspecified atom stereocenters. The molecule has 0 atom stereocenters. The lowest BCUT2D eigenvalue weighted by molar-refractivity contribution is -0.0555. The number of methoxy groups -OCH3 is 2. The van der Waals surface area contributed by atoms with Crippen LogP contribution in [-0.2, 0) is 20.0 Å². The van der Waals surface area contributed by atoms with Crippen LogP contribution < -0.4 is 23.7 Å². The zero-order chi connectivity index (χ0) is 36.4. The summed E-state index contributed by atoms with van der Waals surface area (Å²) in [6, 6.07) is 10.1. The van der Waals surface area contributed by atoms with Crippen LogP contribution in [0.5, 0.6) is 17.6 Å². The number of aromatic amines is 2. The first-order valence-corrected chi connectivity index (χ1v) is 18.0. The van der Waals surface area contributed by atoms with Crippen LogP contribution >= 0.6 is 39.1 Å². The Morgan fingerprint density at radius 3 is 1.86 bits per heavy atom. The molecule has 0 fully saturated rings. The summed E-state index contributed by atoms with van der Waals surface area (Å²) in [7, 11) is -5.59. The van der Waals surface area contributed by atoms with Crippen LogP contribution in [0.15, 0.2) is 75.4 Å². The van der Waals surface area contributed by atoms with Crippen molar-refractivity contribution in [1.82, 2.24) is 24.9 Å². The van der Waals surface area contributed by atoms with Crippen LogP contribution in [0.4, 0.5) is 24.7 Å². The van der Waals surface area contributed by atoms with E-state index >= 15 is 0 Å². The number of fused-ring (bicyclic) bond motifs is 2. The second kappa shape index (κ2) is 14.8. The number of halogens is 6. The number of hydrogen-bond donors (Lipinski definition) is 4. The SMILES string of the molecule is COc1nc(Br)cnc1NS(=O)(=O)c1c[nH]c2cc(Cl)ccc12.COc1nc(OC(F)F)c(F)cc1NS(=O)(=O)c1c[nH]c2cc(Cl)ccc12. The third kappa shape index (κ3) is 8.10. The van der Waals surface area contributed by atoms with E-state index in [9.17, 15) is 30.0 Å². The molecular weight excluding hydrogens is 818 g/mol. The van der Waals surface area contributed by atoms with Gasteiger partial charge in [0.05, 0.1) is 20.4 Å². The molecule has 50 heavy (non-hydrogen) atoms. The van der Waals surface area contributed by atoms with Crippen LogP contribution in [0.2, 0.25) is 10.0 Å². The fraction of sp³-hybridized carbons (Fsp3) is 0.107. The lowest BCUT2D eigenvalue weighted by atomic mass is 10.2. The summed E-state index contributed by atoms with van der Waals surface area (Å²) in [5, 5.41) is 1.78. The van der Waals surface area contributed by atoms with Gasteiger partial charge in [-0.15, -0.1) is 0 Å². The Hall–Kier alpha value is -4.50. The Balaban J connectivity index is 0.000000197. The number of pyridine rings is 1. The van der Waals surface area contributed by atoms with E-state index in [1.807, 2.05) is 0 Å². The molecule has 4 heterocycles. The third-order valence-corrected chi connectivity index (χ3v) is 10.1. The predicted molar refractivity (Wildman–Crippen MR) is 182 cm³/mol. The molecule has 4 aromatic heterocycles. The van der Waals surface area contributed by atoms with E-state index in [4.69, 9.17) is 32.7 Å². The zero-order valence-corrected chi connectivity index (χ0v) is 29.9. The van der Waals surface area contributed by atoms with Crippen LogP contribution in [0.1, 0.15) is 0 Å². The minimum atomic E-state index is -4.19. The van der Waals surface area contributed by atoms with Gasteiger partial charge in [-0.1, -0.05) is 23.2 Å². The molecule has 0 radical (unpaired) electrons. The van der Waals surface area contributed by atoms with Crippen molar-refractivity contribution in [3.8, 4) is 17.6 Å². The van der Waals surface area contributed by atoms with Gasteiger partial charge in [0.15, 0.2) is 5.82 Å². The van der Waals surface area contributed by atoms with E-state index in [1.165, 1.54) is 43.9 Å². The number of alkyl halides is 2. The summed E-state index contributed by atoms with van der Waals surface area (Å²) in [5.74, 6) is -2.70. The lowest BCUT2D eigenvalue weighted by Crippen LogP contribution is -2.15. The molecule has 0 bridgehead atoms. The summed E-state index contributed by atoms with van der Waals surface area (Å²) >= 11 is 14.9. The molecule has 6 rings (SSSR count). The summed E-state index contributed by atoms with van der Waals surface area (Å²) < 4.78 is 108. The van der Waals surface area contributed by atoms with E-state index in [2.05, 4.69) is 55.0 Å². The Morgan fingerprint density at radius 1 is 0.800 bits per heavy atom. The summed E-state index contributed by atoms with van der Waals surface area (Å²) in [6.07, 6.45) is 3.99. The van der Waals surface area contributed by atoms with Gasteiger partial charge in [0.25, 0.3) is 31.8 Å². The number of anilines is 2. The maximum atomic E-state index is 13.9. The van der Waals surface area contributed by atoms with E-state index in [0.29, 0.717) is 42.5 Å². The van der Waals surface area contributed by atoms with Crippen molar-refractivity contribution in [3.63, 3.8) is 0 Å². The average Bonchev–Trinajstić information content (AvgIpc) is 3.68. The molecule has 264 valence electrons. The molecule has 0 saturated heterocycles. The Kier molecular flexibility index (Phi) is 10.9. The Labute approximate surface area is 299 Å². The topological polar surface area (TPSA) is 190 Å². The number of hydrogen-bond acceptors (Lipinski definition) is 10. The van der Waals surface area contributed by atoms with E-state index in [1.54, 1.807) is 18.2 Å². The molecule has 4 N–H and O–H groups in total. The van der Waals surface area contributed by atoms with Gasteiger partial charge in [-0.3, -0.25) is 9.44 Å². The Bertz CT molecular complexity index is 2440. The molecular formula is C28H21BrCl2F3N7O7S2. The molecule has 0 aliphatic heterocycles. The number of rotatable bonds is 10. The first-order chi connectivity index (χ1) is 23.6. The predicted octanol–water partition coefficient (Wildman–Crippen LogP) is 6.95. The molecule has 22 heteroatoms. The van der Waals surface area contributed by atoms with Crippen molar-refractivity contribution in [3.05, 3.63) is 81.5 Å². The normalized spacial score (nSPS) is 11.7. The highest BCUT2D eigenvalue weighted by Gasteiger charge is 2.25. The molecule has 0 spiro atoms. The van der Waals surface area contributed by atoms with Crippen molar-refractivity contribution in [2.45, 2.75) is 16.4 Å². The van der Waals surface area contributed by atoms with Gasteiger partial charge in [-0.05, 0) is 52.3 Å². The van der Waals surface area contributed by atoms with E-state index < -0.39 is 44.2 Å². The van der Waals surface area contributed by atoms with Crippen molar-refractivity contribution in [1.29, 1.82) is 0 Å². The number of nitrogens with zero attached hydrogens (tertiary/aromatic N) is 3. The van der Waals surface area contributed by atoms with Gasteiger partial charge in [0.2, 0.25) is 11.7 Å². The minimum Gasteiger partial charge on any atom is -0.479 e. The molecule has 14 nitrogen and oxygen atoms in total. The van der Waals surface area contributed by atoms with Crippen molar-refractivity contribution in [2.24, 2.45) is 0 Å². The van der Waals surface area contributed by atoms with Crippen LogP contribution in [0.25, 0.3) is 21.8 Å². The van der Waals surface area contributed by atoms with Gasteiger partial charge in [-0.2, -0.15) is 13.8 Å². The highest BCUT2D eigenvalue weighted by molar-refractivity contribution is 9.10. The maximum absolute atomic E-state index is 13.9.